The zero-order valence-electron chi connectivity index (χ0n) is 12.3. The lowest BCUT2D eigenvalue weighted by Gasteiger charge is -2.19. The highest BCUT2D eigenvalue weighted by molar-refractivity contribution is 6.48. The van der Waals surface area contributed by atoms with Crippen LogP contribution < -0.4 is 16.0 Å². The van der Waals surface area contributed by atoms with Gasteiger partial charge in [0.15, 0.2) is 0 Å². The standard InChI is InChI=1S/C16H15N3O4/c1-10(20)19(13-6-2-4-11(17)8-13)16(23)15(22)18-12-5-3-7-14(21)9-12/h2-9,21H,17H2,1H3,(H,18,22). The highest BCUT2D eigenvalue weighted by atomic mass is 16.3. The lowest BCUT2D eigenvalue weighted by molar-refractivity contribution is -0.136. The summed E-state index contributed by atoms with van der Waals surface area (Å²) < 4.78 is 0. The molecule has 0 spiro atoms. The van der Waals surface area contributed by atoms with Gasteiger partial charge >= 0.3 is 11.8 Å². The van der Waals surface area contributed by atoms with Crippen molar-refractivity contribution in [3.8, 4) is 5.75 Å². The van der Waals surface area contributed by atoms with Gasteiger partial charge in [-0.2, -0.15) is 0 Å². The quantitative estimate of drug-likeness (QED) is 0.574. The van der Waals surface area contributed by atoms with Crippen LogP contribution in [0.3, 0.4) is 0 Å². The van der Waals surface area contributed by atoms with Gasteiger partial charge in [0, 0.05) is 24.4 Å². The fourth-order valence-corrected chi connectivity index (χ4v) is 1.98. The van der Waals surface area contributed by atoms with E-state index in [2.05, 4.69) is 5.32 Å². The Morgan fingerprint density at radius 1 is 1.09 bits per heavy atom. The maximum Gasteiger partial charge on any atom is 0.323 e. The molecule has 0 saturated carbocycles. The number of anilines is 3. The van der Waals surface area contributed by atoms with Crippen molar-refractivity contribution in [1.82, 2.24) is 0 Å². The first-order chi connectivity index (χ1) is 10.9. The molecule has 0 aliphatic carbocycles. The van der Waals surface area contributed by atoms with E-state index in [1.165, 1.54) is 43.3 Å². The number of nitrogen functional groups attached to an aromatic ring is 1. The Hall–Kier alpha value is -3.35. The van der Waals surface area contributed by atoms with Crippen LogP contribution in [0.1, 0.15) is 6.92 Å². The Labute approximate surface area is 132 Å². The summed E-state index contributed by atoms with van der Waals surface area (Å²) in [7, 11) is 0. The second-order valence-electron chi connectivity index (χ2n) is 4.76. The number of aromatic hydroxyl groups is 1. The summed E-state index contributed by atoms with van der Waals surface area (Å²) in [6.45, 7) is 1.17. The molecule has 0 unspecified atom stereocenters. The maximum atomic E-state index is 12.3. The number of carbonyl (C=O) groups excluding carboxylic acids is 3. The topological polar surface area (TPSA) is 113 Å². The minimum Gasteiger partial charge on any atom is -0.508 e. The maximum absolute atomic E-state index is 12.3. The highest BCUT2D eigenvalue weighted by Gasteiger charge is 2.27. The normalized spacial score (nSPS) is 9.96. The van der Waals surface area contributed by atoms with Crippen LogP contribution in [0.2, 0.25) is 0 Å². The third kappa shape index (κ3) is 3.85. The van der Waals surface area contributed by atoms with Crippen LogP contribution in [0, 0.1) is 0 Å². The van der Waals surface area contributed by atoms with E-state index in [-0.39, 0.29) is 17.1 Å². The average molecular weight is 313 g/mol. The first-order valence-corrected chi connectivity index (χ1v) is 6.69. The predicted octanol–water partition coefficient (Wildman–Crippen LogP) is 1.49. The Morgan fingerprint density at radius 3 is 2.39 bits per heavy atom. The number of nitrogens with one attached hydrogen (secondary N) is 1. The Morgan fingerprint density at radius 2 is 1.78 bits per heavy atom. The number of amides is 3. The molecule has 0 aromatic heterocycles. The van der Waals surface area contributed by atoms with Gasteiger partial charge in [-0.25, -0.2) is 4.90 Å². The molecule has 2 aromatic carbocycles. The molecule has 23 heavy (non-hydrogen) atoms. The lowest BCUT2D eigenvalue weighted by atomic mass is 10.2. The largest absolute Gasteiger partial charge is 0.508 e. The van der Waals surface area contributed by atoms with Crippen LogP contribution in [0.15, 0.2) is 48.5 Å². The summed E-state index contributed by atoms with van der Waals surface area (Å²) in [5.74, 6) is -2.74. The number of nitrogens with two attached hydrogens (primary N) is 1. The van der Waals surface area contributed by atoms with Crippen LogP contribution in [0.4, 0.5) is 17.1 Å². The molecule has 0 bridgehead atoms. The molecule has 4 N–H and O–H groups in total. The van der Waals surface area contributed by atoms with Crippen LogP contribution in [0.25, 0.3) is 0 Å². The average Bonchev–Trinajstić information content (AvgIpc) is 2.47. The number of carbonyl (C=O) groups is 3. The summed E-state index contributed by atoms with van der Waals surface area (Å²) in [5.41, 5.74) is 6.43. The number of phenols is 1. The van der Waals surface area contributed by atoms with Gasteiger partial charge in [0.1, 0.15) is 5.75 Å². The number of imide groups is 1. The van der Waals surface area contributed by atoms with Gasteiger partial charge in [0.25, 0.3) is 0 Å². The predicted molar refractivity (Wildman–Crippen MR) is 85.8 cm³/mol. The fourth-order valence-electron chi connectivity index (χ4n) is 1.98. The number of phenolic OH excluding ortho intramolecular Hbond substituents is 1. The van der Waals surface area contributed by atoms with E-state index in [9.17, 15) is 19.5 Å². The summed E-state index contributed by atoms with van der Waals surface area (Å²) in [4.78, 5) is 36.8. The summed E-state index contributed by atoms with van der Waals surface area (Å²) in [6.07, 6.45) is 0. The molecule has 2 rings (SSSR count). The van der Waals surface area contributed by atoms with E-state index < -0.39 is 17.7 Å². The SMILES string of the molecule is CC(=O)N(C(=O)C(=O)Nc1cccc(O)c1)c1cccc(N)c1. The summed E-state index contributed by atoms with van der Waals surface area (Å²) in [5, 5.41) is 11.7. The first kappa shape index (κ1) is 16.0. The smallest absolute Gasteiger partial charge is 0.323 e. The zero-order valence-corrected chi connectivity index (χ0v) is 12.3. The summed E-state index contributed by atoms with van der Waals surface area (Å²) >= 11 is 0. The highest BCUT2D eigenvalue weighted by Crippen LogP contribution is 2.19. The number of rotatable bonds is 2. The van der Waals surface area contributed by atoms with Gasteiger partial charge in [0.2, 0.25) is 5.91 Å². The third-order valence-corrected chi connectivity index (χ3v) is 2.94. The van der Waals surface area contributed by atoms with E-state index in [0.717, 1.165) is 4.90 Å². The summed E-state index contributed by atoms with van der Waals surface area (Å²) in [6, 6.07) is 11.8. The third-order valence-electron chi connectivity index (χ3n) is 2.94. The molecule has 0 fully saturated rings. The Balaban J connectivity index is 2.24. The number of benzene rings is 2. The minimum absolute atomic E-state index is 0.0606. The molecule has 7 heteroatoms. The number of hydrogen-bond donors (Lipinski definition) is 3. The number of nitrogens with zero attached hydrogens (tertiary/aromatic N) is 1. The van der Waals surface area contributed by atoms with Crippen molar-refractivity contribution in [2.75, 3.05) is 16.0 Å². The lowest BCUT2D eigenvalue weighted by Crippen LogP contribution is -2.42. The van der Waals surface area contributed by atoms with E-state index in [1.54, 1.807) is 12.1 Å². The van der Waals surface area contributed by atoms with E-state index >= 15 is 0 Å². The molecular weight excluding hydrogens is 298 g/mol. The van der Waals surface area contributed by atoms with Crippen molar-refractivity contribution >= 4 is 34.8 Å². The second kappa shape index (κ2) is 6.61. The molecule has 0 aliphatic rings. The van der Waals surface area contributed by atoms with Gasteiger partial charge in [-0.3, -0.25) is 14.4 Å². The van der Waals surface area contributed by atoms with Crippen molar-refractivity contribution in [2.24, 2.45) is 0 Å². The Bertz CT molecular complexity index is 773. The molecule has 0 radical (unpaired) electrons. The van der Waals surface area contributed by atoms with E-state index in [4.69, 9.17) is 5.73 Å². The molecule has 7 nitrogen and oxygen atoms in total. The number of hydrogen-bond acceptors (Lipinski definition) is 5. The van der Waals surface area contributed by atoms with Crippen LogP contribution in [-0.4, -0.2) is 22.8 Å². The monoisotopic (exact) mass is 313 g/mol. The van der Waals surface area contributed by atoms with Crippen molar-refractivity contribution < 1.29 is 19.5 Å². The van der Waals surface area contributed by atoms with E-state index in [0.29, 0.717) is 5.69 Å². The van der Waals surface area contributed by atoms with Crippen molar-refractivity contribution in [1.29, 1.82) is 0 Å². The second-order valence-corrected chi connectivity index (χ2v) is 4.76. The molecule has 3 amide bonds. The zero-order chi connectivity index (χ0) is 17.0. The first-order valence-electron chi connectivity index (χ1n) is 6.69. The fraction of sp³-hybridized carbons (Fsp3) is 0.0625. The molecule has 118 valence electrons. The Kier molecular flexibility index (Phi) is 4.61. The molecule has 2 aromatic rings. The molecule has 0 aliphatic heterocycles. The van der Waals surface area contributed by atoms with Crippen LogP contribution in [-0.2, 0) is 14.4 Å². The van der Waals surface area contributed by atoms with Gasteiger partial charge in [-0.05, 0) is 30.3 Å². The van der Waals surface area contributed by atoms with E-state index in [1.807, 2.05) is 0 Å². The van der Waals surface area contributed by atoms with Crippen LogP contribution >= 0.6 is 0 Å². The van der Waals surface area contributed by atoms with Crippen molar-refractivity contribution in [3.05, 3.63) is 48.5 Å². The molecule has 0 saturated heterocycles. The van der Waals surface area contributed by atoms with Crippen LogP contribution in [0.5, 0.6) is 5.75 Å². The van der Waals surface area contributed by atoms with Gasteiger partial charge in [0.05, 0.1) is 5.69 Å². The minimum atomic E-state index is -1.05. The van der Waals surface area contributed by atoms with Crippen molar-refractivity contribution in [2.45, 2.75) is 6.92 Å². The molecule has 0 heterocycles. The van der Waals surface area contributed by atoms with Gasteiger partial charge in [-0.1, -0.05) is 12.1 Å². The molecule has 0 atom stereocenters. The van der Waals surface area contributed by atoms with Crippen molar-refractivity contribution in [3.63, 3.8) is 0 Å². The van der Waals surface area contributed by atoms with Gasteiger partial charge < -0.3 is 16.2 Å². The molecular formula is C16H15N3O4. The van der Waals surface area contributed by atoms with Gasteiger partial charge in [-0.15, -0.1) is 0 Å².